The molecular weight excluding hydrogens is 352 g/mol. The lowest BCUT2D eigenvalue weighted by atomic mass is 9.88. The number of benzene rings is 4. The van der Waals surface area contributed by atoms with Crippen molar-refractivity contribution < 1.29 is 0 Å². The van der Waals surface area contributed by atoms with Gasteiger partial charge in [-0.3, -0.25) is 0 Å². The number of rotatable bonds is 0. The minimum Gasteiger partial charge on any atom is -0.143 e. The predicted molar refractivity (Wildman–Crippen MR) is 116 cm³/mol. The van der Waals surface area contributed by atoms with Gasteiger partial charge in [0.1, 0.15) is 0 Å². The first-order chi connectivity index (χ1) is 12.7. The summed E-state index contributed by atoms with van der Waals surface area (Å²) in [6.07, 6.45) is 0. The summed E-state index contributed by atoms with van der Waals surface area (Å²) < 4.78 is 0. The van der Waals surface area contributed by atoms with Crippen LogP contribution in [0.25, 0.3) is 44.5 Å². The van der Waals surface area contributed by atoms with Crippen LogP contribution in [0.15, 0.2) is 94.7 Å². The maximum absolute atomic E-state index is 4.55. The molecule has 26 heavy (non-hydrogen) atoms. The van der Waals surface area contributed by atoms with Crippen molar-refractivity contribution in [1.82, 2.24) is 0 Å². The van der Waals surface area contributed by atoms with E-state index in [0.29, 0.717) is 0 Å². The van der Waals surface area contributed by atoms with Gasteiger partial charge in [-0.2, -0.15) is 0 Å². The molecule has 4 aromatic carbocycles. The zero-order valence-electron chi connectivity index (χ0n) is 14.0. The average Bonchev–Trinajstić information content (AvgIpc) is 2.67. The van der Waals surface area contributed by atoms with Crippen LogP contribution >= 0.6 is 25.3 Å². The Bertz CT molecular complexity index is 1030. The minimum atomic E-state index is 0.974. The third-order valence-electron chi connectivity index (χ3n) is 5.02. The first-order valence-electron chi connectivity index (χ1n) is 8.57. The van der Waals surface area contributed by atoms with E-state index in [1.54, 1.807) is 0 Å². The smallest absolute Gasteiger partial charge is 0.00465 e. The van der Waals surface area contributed by atoms with Gasteiger partial charge in [-0.25, -0.2) is 0 Å². The molecule has 0 nitrogen and oxygen atoms in total. The topological polar surface area (TPSA) is 0 Å². The Morgan fingerprint density at radius 1 is 0.346 bits per heavy atom. The zero-order chi connectivity index (χ0) is 17.7. The summed E-state index contributed by atoms with van der Waals surface area (Å²) in [5.74, 6) is 0. The molecule has 0 amide bonds. The highest BCUT2D eigenvalue weighted by molar-refractivity contribution is 7.80. The predicted octanol–water partition coefficient (Wildman–Crippen LogP) is 7.25. The maximum Gasteiger partial charge on any atom is 0.00465 e. The highest BCUT2D eigenvalue weighted by atomic mass is 32.1. The Labute approximate surface area is 164 Å². The van der Waals surface area contributed by atoms with Crippen molar-refractivity contribution in [2.45, 2.75) is 9.79 Å². The first-order valence-corrected chi connectivity index (χ1v) is 9.46. The van der Waals surface area contributed by atoms with Crippen LogP contribution in [0.2, 0.25) is 0 Å². The third kappa shape index (κ3) is 2.57. The van der Waals surface area contributed by atoms with Crippen LogP contribution < -0.4 is 0 Å². The van der Waals surface area contributed by atoms with E-state index >= 15 is 0 Å². The number of thiol groups is 2. The molecule has 4 aliphatic carbocycles. The van der Waals surface area contributed by atoms with Crippen molar-refractivity contribution in [1.29, 1.82) is 0 Å². The Balaban J connectivity index is 1.88. The second-order valence-electron chi connectivity index (χ2n) is 6.61. The fraction of sp³-hybridized carbons (Fsp3) is 0. The molecule has 4 bridgehead atoms. The monoisotopic (exact) mass is 368 g/mol. The van der Waals surface area contributed by atoms with Crippen LogP contribution in [0.5, 0.6) is 0 Å². The summed E-state index contributed by atoms with van der Waals surface area (Å²) in [7, 11) is 0. The Kier molecular flexibility index (Phi) is 3.70. The summed E-state index contributed by atoms with van der Waals surface area (Å²) in [5, 5.41) is 0. The van der Waals surface area contributed by atoms with Gasteiger partial charge in [0.25, 0.3) is 0 Å². The molecule has 0 radical (unpaired) electrons. The molecule has 0 N–H and O–H groups in total. The second-order valence-corrected chi connectivity index (χ2v) is 7.65. The van der Waals surface area contributed by atoms with E-state index in [9.17, 15) is 0 Å². The highest BCUT2D eigenvalue weighted by Gasteiger charge is 2.13. The summed E-state index contributed by atoms with van der Waals surface area (Å²) in [4.78, 5) is 1.95. The van der Waals surface area contributed by atoms with Gasteiger partial charge in [0.2, 0.25) is 0 Å². The second kappa shape index (κ2) is 6.08. The van der Waals surface area contributed by atoms with Crippen LogP contribution in [0.1, 0.15) is 0 Å². The van der Waals surface area contributed by atoms with E-state index in [1.165, 1.54) is 44.5 Å². The van der Waals surface area contributed by atoms with E-state index in [2.05, 4.69) is 110 Å². The molecular formula is C24H16S2. The minimum absolute atomic E-state index is 0.974. The van der Waals surface area contributed by atoms with Crippen molar-refractivity contribution in [2.24, 2.45) is 0 Å². The van der Waals surface area contributed by atoms with E-state index in [1.807, 2.05) is 0 Å². The van der Waals surface area contributed by atoms with Gasteiger partial charge in [-0.05, 0) is 68.8 Å². The average molecular weight is 369 g/mol. The fourth-order valence-corrected chi connectivity index (χ4v) is 4.11. The summed E-state index contributed by atoms with van der Waals surface area (Å²) in [6, 6.07) is 30.3. The van der Waals surface area contributed by atoms with Crippen molar-refractivity contribution in [3.63, 3.8) is 0 Å². The molecule has 2 heteroatoms. The third-order valence-corrected chi connectivity index (χ3v) is 5.58. The molecule has 8 rings (SSSR count). The quantitative estimate of drug-likeness (QED) is 0.264. The molecule has 124 valence electrons. The maximum atomic E-state index is 4.55. The molecule has 0 atom stereocenters. The molecule has 0 saturated heterocycles. The van der Waals surface area contributed by atoms with E-state index in [-0.39, 0.29) is 0 Å². The van der Waals surface area contributed by atoms with E-state index < -0.39 is 0 Å². The van der Waals surface area contributed by atoms with E-state index in [4.69, 9.17) is 0 Å². The first kappa shape index (κ1) is 15.8. The Morgan fingerprint density at radius 2 is 0.654 bits per heavy atom. The van der Waals surface area contributed by atoms with Crippen LogP contribution in [0.4, 0.5) is 0 Å². The molecule has 0 aliphatic heterocycles. The lowest BCUT2D eigenvalue weighted by Crippen LogP contribution is -1.91. The fourth-order valence-electron chi connectivity index (χ4n) is 3.70. The van der Waals surface area contributed by atoms with Gasteiger partial charge < -0.3 is 0 Å². The summed E-state index contributed by atoms with van der Waals surface area (Å²) in [5.41, 5.74) is 9.72. The van der Waals surface area contributed by atoms with Crippen LogP contribution in [0, 0.1) is 0 Å². The highest BCUT2D eigenvalue weighted by Crippen LogP contribution is 2.39. The number of hydrogen-bond acceptors (Lipinski definition) is 2. The molecule has 0 unspecified atom stereocenters. The normalized spacial score (nSPS) is 11.5. The molecule has 0 fully saturated rings. The van der Waals surface area contributed by atoms with Crippen LogP contribution in [-0.4, -0.2) is 0 Å². The van der Waals surface area contributed by atoms with Gasteiger partial charge in [-0.1, -0.05) is 60.7 Å². The lowest BCUT2D eigenvalue weighted by Gasteiger charge is -2.16. The lowest BCUT2D eigenvalue weighted by molar-refractivity contribution is 1.44. The van der Waals surface area contributed by atoms with E-state index in [0.717, 1.165) is 9.79 Å². The zero-order valence-corrected chi connectivity index (χ0v) is 15.8. The molecule has 0 heterocycles. The molecule has 0 saturated carbocycles. The summed E-state index contributed by atoms with van der Waals surface area (Å²) in [6.45, 7) is 0. The Morgan fingerprint density at radius 3 is 1.00 bits per heavy atom. The van der Waals surface area contributed by atoms with Crippen molar-refractivity contribution in [3.8, 4) is 44.5 Å². The van der Waals surface area contributed by atoms with Gasteiger partial charge in [-0.15, -0.1) is 25.3 Å². The largest absolute Gasteiger partial charge is 0.143 e. The van der Waals surface area contributed by atoms with Crippen molar-refractivity contribution in [2.75, 3.05) is 0 Å². The van der Waals surface area contributed by atoms with Crippen molar-refractivity contribution >= 4 is 25.3 Å². The standard InChI is InChI=1S/C24H16S2/c25-19-9-11-21-15-1-2-16(4-3-15)22-12-10-20(26)14-24(22)18-7-5-17(6-8-18)23(21)13-19/h1-14,25-26H. The summed E-state index contributed by atoms with van der Waals surface area (Å²) >= 11 is 9.10. The van der Waals surface area contributed by atoms with Gasteiger partial charge in [0, 0.05) is 9.79 Å². The SMILES string of the molecule is Sc1ccc2c(c1)-c1ccc(cc1)-c1cc(S)ccc1-c1ccc-2cc1. The van der Waals surface area contributed by atoms with Crippen molar-refractivity contribution in [3.05, 3.63) is 84.9 Å². The van der Waals surface area contributed by atoms with Gasteiger partial charge >= 0.3 is 0 Å². The van der Waals surface area contributed by atoms with Gasteiger partial charge in [0.05, 0.1) is 0 Å². The Hall–Kier alpha value is -2.42. The molecule has 4 aliphatic rings. The molecule has 0 spiro atoms. The molecule has 0 aromatic heterocycles. The number of hydrogen-bond donors (Lipinski definition) is 2. The molecule has 4 aromatic rings. The van der Waals surface area contributed by atoms with Crippen LogP contribution in [0.3, 0.4) is 0 Å². The van der Waals surface area contributed by atoms with Gasteiger partial charge in [0.15, 0.2) is 0 Å². The van der Waals surface area contributed by atoms with Crippen LogP contribution in [-0.2, 0) is 0 Å².